The summed E-state index contributed by atoms with van der Waals surface area (Å²) in [7, 11) is 1.57. The lowest BCUT2D eigenvalue weighted by molar-refractivity contribution is 0.0984. The SMILES string of the molecule is COc1ccc2nc(N(Cc3cccnc3)C(=O)c3ccc(F)c(F)c3)sc2c1. The molecule has 0 aliphatic heterocycles. The molecule has 2 aromatic carbocycles. The van der Waals surface area contributed by atoms with Crippen molar-refractivity contribution in [1.29, 1.82) is 0 Å². The summed E-state index contributed by atoms with van der Waals surface area (Å²) in [6.45, 7) is 0.183. The molecular weight excluding hydrogens is 396 g/mol. The van der Waals surface area contributed by atoms with Crippen LogP contribution < -0.4 is 9.64 Å². The van der Waals surface area contributed by atoms with Crippen molar-refractivity contribution in [2.45, 2.75) is 6.54 Å². The third kappa shape index (κ3) is 3.93. The molecule has 29 heavy (non-hydrogen) atoms. The molecule has 4 aromatic rings. The number of benzene rings is 2. The third-order valence-corrected chi connectivity index (χ3v) is 5.33. The molecule has 0 unspecified atom stereocenters. The van der Waals surface area contributed by atoms with Gasteiger partial charge in [0.05, 0.1) is 23.9 Å². The van der Waals surface area contributed by atoms with E-state index >= 15 is 0 Å². The van der Waals surface area contributed by atoms with E-state index in [9.17, 15) is 13.6 Å². The Hall–Kier alpha value is -3.39. The number of pyridine rings is 1. The quantitative estimate of drug-likeness (QED) is 0.472. The maximum absolute atomic E-state index is 13.7. The van der Waals surface area contributed by atoms with E-state index in [4.69, 9.17) is 4.74 Å². The van der Waals surface area contributed by atoms with Crippen LogP contribution in [-0.2, 0) is 6.54 Å². The number of carbonyl (C=O) groups excluding carboxylic acids is 1. The van der Waals surface area contributed by atoms with Gasteiger partial charge in [0, 0.05) is 18.0 Å². The molecule has 0 fully saturated rings. The van der Waals surface area contributed by atoms with Gasteiger partial charge in [0.15, 0.2) is 16.8 Å². The summed E-state index contributed by atoms with van der Waals surface area (Å²) in [5.74, 6) is -1.89. The molecular formula is C21H15F2N3O2S. The lowest BCUT2D eigenvalue weighted by Crippen LogP contribution is -2.30. The number of aromatic nitrogens is 2. The summed E-state index contributed by atoms with van der Waals surface area (Å²) in [4.78, 5) is 23.2. The number of rotatable bonds is 5. The number of hydrogen-bond donors (Lipinski definition) is 0. The Morgan fingerprint density at radius 3 is 2.72 bits per heavy atom. The van der Waals surface area contributed by atoms with Crippen molar-refractivity contribution in [3.05, 3.63) is 83.7 Å². The second-order valence-corrected chi connectivity index (χ2v) is 7.22. The first kappa shape index (κ1) is 18.9. The van der Waals surface area contributed by atoms with Crippen LogP contribution in [0.2, 0.25) is 0 Å². The minimum atomic E-state index is -1.08. The van der Waals surface area contributed by atoms with Gasteiger partial charge in [0.25, 0.3) is 5.91 Å². The molecule has 0 saturated heterocycles. The standard InChI is InChI=1S/C21H15F2N3O2S/c1-28-15-5-7-18-19(10-15)29-21(25-18)26(12-13-3-2-8-24-11-13)20(27)14-4-6-16(22)17(23)9-14/h2-11H,12H2,1H3. The average molecular weight is 411 g/mol. The first-order chi connectivity index (χ1) is 14.0. The van der Waals surface area contributed by atoms with Crippen LogP contribution >= 0.6 is 11.3 Å². The number of thiazole rings is 1. The molecule has 1 amide bonds. The van der Waals surface area contributed by atoms with Crippen molar-refractivity contribution >= 4 is 32.6 Å². The molecule has 4 rings (SSSR count). The Bertz CT molecular complexity index is 1180. The number of methoxy groups -OCH3 is 1. The summed E-state index contributed by atoms with van der Waals surface area (Å²) in [6.07, 6.45) is 3.27. The highest BCUT2D eigenvalue weighted by atomic mass is 32.1. The van der Waals surface area contributed by atoms with E-state index in [-0.39, 0.29) is 12.1 Å². The van der Waals surface area contributed by atoms with Crippen molar-refractivity contribution < 1.29 is 18.3 Å². The highest BCUT2D eigenvalue weighted by Gasteiger charge is 2.23. The van der Waals surface area contributed by atoms with E-state index < -0.39 is 17.5 Å². The van der Waals surface area contributed by atoms with Crippen molar-refractivity contribution in [3.8, 4) is 5.75 Å². The topological polar surface area (TPSA) is 55.3 Å². The van der Waals surface area contributed by atoms with Crippen molar-refractivity contribution in [2.24, 2.45) is 0 Å². The van der Waals surface area contributed by atoms with Gasteiger partial charge < -0.3 is 4.74 Å². The second-order valence-electron chi connectivity index (χ2n) is 6.21. The van der Waals surface area contributed by atoms with Crippen LogP contribution in [0.5, 0.6) is 5.75 Å². The van der Waals surface area contributed by atoms with Gasteiger partial charge in [-0.05, 0) is 48.0 Å². The molecule has 0 saturated carbocycles. The van der Waals surface area contributed by atoms with E-state index in [0.717, 1.165) is 22.4 Å². The van der Waals surface area contributed by atoms with Gasteiger partial charge in [-0.1, -0.05) is 17.4 Å². The van der Waals surface area contributed by atoms with Crippen molar-refractivity contribution in [3.63, 3.8) is 0 Å². The van der Waals surface area contributed by atoms with E-state index in [0.29, 0.717) is 16.4 Å². The zero-order valence-corrected chi connectivity index (χ0v) is 16.1. The maximum Gasteiger partial charge on any atom is 0.260 e. The summed E-state index contributed by atoms with van der Waals surface area (Å²) in [5, 5.41) is 0.437. The number of amides is 1. The summed E-state index contributed by atoms with van der Waals surface area (Å²) >= 11 is 1.31. The van der Waals surface area contributed by atoms with Gasteiger partial charge in [-0.15, -0.1) is 0 Å². The van der Waals surface area contributed by atoms with Gasteiger partial charge in [0.1, 0.15) is 5.75 Å². The Morgan fingerprint density at radius 2 is 2.00 bits per heavy atom. The van der Waals surface area contributed by atoms with Gasteiger partial charge >= 0.3 is 0 Å². The van der Waals surface area contributed by atoms with Gasteiger partial charge in [-0.25, -0.2) is 13.8 Å². The van der Waals surface area contributed by atoms with Crippen LogP contribution in [-0.4, -0.2) is 23.0 Å². The Kier molecular flexibility index (Phi) is 5.18. The lowest BCUT2D eigenvalue weighted by atomic mass is 10.1. The number of carbonyl (C=O) groups is 1. The zero-order chi connectivity index (χ0) is 20.4. The molecule has 0 radical (unpaired) electrons. The number of ether oxygens (including phenoxy) is 1. The smallest absolute Gasteiger partial charge is 0.260 e. The molecule has 146 valence electrons. The van der Waals surface area contributed by atoms with Crippen LogP contribution in [0.25, 0.3) is 10.2 Å². The number of fused-ring (bicyclic) bond motifs is 1. The van der Waals surface area contributed by atoms with Crippen LogP contribution in [0.3, 0.4) is 0 Å². The molecule has 0 aliphatic carbocycles. The Morgan fingerprint density at radius 1 is 1.14 bits per heavy atom. The van der Waals surface area contributed by atoms with Crippen molar-refractivity contribution in [1.82, 2.24) is 9.97 Å². The average Bonchev–Trinajstić information content (AvgIpc) is 3.17. The summed E-state index contributed by atoms with van der Waals surface area (Å²) in [5.41, 5.74) is 1.52. The third-order valence-electron chi connectivity index (χ3n) is 4.29. The highest BCUT2D eigenvalue weighted by Crippen LogP contribution is 2.33. The monoisotopic (exact) mass is 411 g/mol. The van der Waals surface area contributed by atoms with E-state index in [1.165, 1.54) is 22.3 Å². The molecule has 0 aliphatic rings. The van der Waals surface area contributed by atoms with Crippen molar-refractivity contribution in [2.75, 3.05) is 12.0 Å². The second kappa shape index (κ2) is 7.92. The number of anilines is 1. The molecule has 0 N–H and O–H groups in total. The summed E-state index contributed by atoms with van der Waals surface area (Å²) < 4.78 is 33.1. The molecule has 5 nitrogen and oxygen atoms in total. The normalized spacial score (nSPS) is 10.9. The van der Waals surface area contributed by atoms with E-state index in [1.807, 2.05) is 12.1 Å². The first-order valence-corrected chi connectivity index (χ1v) is 9.47. The Balaban J connectivity index is 1.77. The molecule has 8 heteroatoms. The fourth-order valence-corrected chi connectivity index (χ4v) is 3.81. The van der Waals surface area contributed by atoms with Gasteiger partial charge in [-0.3, -0.25) is 14.7 Å². The maximum atomic E-state index is 13.7. The first-order valence-electron chi connectivity index (χ1n) is 8.65. The fourth-order valence-electron chi connectivity index (χ4n) is 2.82. The molecule has 2 heterocycles. The largest absolute Gasteiger partial charge is 0.497 e. The van der Waals surface area contributed by atoms with Gasteiger partial charge in [-0.2, -0.15) is 0 Å². The minimum absolute atomic E-state index is 0.0321. The van der Waals surface area contributed by atoms with E-state index in [2.05, 4.69) is 9.97 Å². The van der Waals surface area contributed by atoms with Gasteiger partial charge in [0.2, 0.25) is 0 Å². The predicted octanol–water partition coefficient (Wildman–Crippen LogP) is 4.83. The fraction of sp³-hybridized carbons (Fsp3) is 0.0952. The van der Waals surface area contributed by atoms with Crippen LogP contribution in [0.15, 0.2) is 60.9 Å². The number of nitrogens with zero attached hydrogens (tertiary/aromatic N) is 3. The van der Waals surface area contributed by atoms with E-state index in [1.54, 1.807) is 37.7 Å². The zero-order valence-electron chi connectivity index (χ0n) is 15.3. The highest BCUT2D eigenvalue weighted by molar-refractivity contribution is 7.22. The predicted molar refractivity (Wildman–Crippen MR) is 107 cm³/mol. The summed E-state index contributed by atoms with van der Waals surface area (Å²) in [6, 6.07) is 12.1. The lowest BCUT2D eigenvalue weighted by Gasteiger charge is -2.20. The van der Waals surface area contributed by atoms with Crippen LogP contribution in [0, 0.1) is 11.6 Å². The Labute approximate surface area is 169 Å². The number of hydrogen-bond acceptors (Lipinski definition) is 5. The minimum Gasteiger partial charge on any atom is -0.497 e. The molecule has 0 bridgehead atoms. The molecule has 0 spiro atoms. The van der Waals surface area contributed by atoms with Crippen LogP contribution in [0.1, 0.15) is 15.9 Å². The van der Waals surface area contributed by atoms with Crippen LogP contribution in [0.4, 0.5) is 13.9 Å². The molecule has 0 atom stereocenters. The number of halogens is 2. The molecule has 2 aromatic heterocycles.